The maximum Gasteiger partial charge on any atom is 0.224 e. The lowest BCUT2D eigenvalue weighted by atomic mass is 10.3. The molecule has 0 aliphatic heterocycles. The first-order valence-corrected chi connectivity index (χ1v) is 5.65. The summed E-state index contributed by atoms with van der Waals surface area (Å²) in [6.45, 7) is 4.13. The van der Waals surface area contributed by atoms with Crippen LogP contribution in [0.5, 0.6) is 0 Å². The third kappa shape index (κ3) is 2.71. The molecule has 0 fully saturated rings. The number of halogens is 2. The van der Waals surface area contributed by atoms with Crippen LogP contribution in [0.3, 0.4) is 0 Å². The Hall–Kier alpha value is -0.580. The van der Waals surface area contributed by atoms with Crippen molar-refractivity contribution in [2.24, 2.45) is 0 Å². The van der Waals surface area contributed by atoms with Crippen molar-refractivity contribution in [2.45, 2.75) is 19.9 Å². The van der Waals surface area contributed by atoms with Gasteiger partial charge in [-0.3, -0.25) is 0 Å². The van der Waals surface area contributed by atoms with Crippen molar-refractivity contribution in [1.82, 2.24) is 9.97 Å². The summed E-state index contributed by atoms with van der Waals surface area (Å²) >= 11 is 7.41. The number of hydrogen-bond donors (Lipinski definition) is 1. The third-order valence-corrected chi connectivity index (χ3v) is 2.64. The fourth-order valence-electron chi connectivity index (χ4n) is 1.21. The second-order valence-corrected chi connectivity index (χ2v) is 4.39. The average Bonchev–Trinajstić information content (AvgIpc) is 2.50. The van der Waals surface area contributed by atoms with E-state index in [1.54, 1.807) is 11.3 Å². The number of nitrogens with one attached hydrogen (secondary N) is 1. The van der Waals surface area contributed by atoms with E-state index < -0.39 is 0 Å². The maximum atomic E-state index is 5.81. The number of aromatic nitrogens is 2. The van der Waals surface area contributed by atoms with E-state index in [9.17, 15) is 0 Å². The molecule has 0 aliphatic rings. The van der Waals surface area contributed by atoms with Crippen molar-refractivity contribution in [3.63, 3.8) is 0 Å². The van der Waals surface area contributed by atoms with Crippen LogP contribution in [0.2, 0.25) is 5.28 Å². The van der Waals surface area contributed by atoms with Gasteiger partial charge in [-0.2, -0.15) is 0 Å². The van der Waals surface area contributed by atoms with Crippen molar-refractivity contribution < 1.29 is 0 Å². The lowest BCUT2D eigenvalue weighted by Gasteiger charge is -2.09. The Labute approximate surface area is 103 Å². The molecule has 82 valence electrons. The molecule has 2 rings (SSSR count). The van der Waals surface area contributed by atoms with Gasteiger partial charge in [0.25, 0.3) is 0 Å². The normalized spacial score (nSPS) is 10.4. The van der Waals surface area contributed by atoms with Gasteiger partial charge in [-0.05, 0) is 25.4 Å². The molecule has 0 saturated carbocycles. The van der Waals surface area contributed by atoms with Gasteiger partial charge in [0.2, 0.25) is 5.28 Å². The van der Waals surface area contributed by atoms with Gasteiger partial charge in [-0.1, -0.05) is 0 Å². The van der Waals surface area contributed by atoms with Gasteiger partial charge >= 0.3 is 0 Å². The quantitative estimate of drug-likeness (QED) is 0.842. The summed E-state index contributed by atoms with van der Waals surface area (Å²) in [7, 11) is 0. The number of nitrogens with zero attached hydrogens (tertiary/aromatic N) is 2. The van der Waals surface area contributed by atoms with E-state index in [1.165, 1.54) is 0 Å². The molecule has 0 unspecified atom stereocenters. The second kappa shape index (κ2) is 4.96. The summed E-state index contributed by atoms with van der Waals surface area (Å²) in [5, 5.41) is 8.56. The fraction of sp³-hybridized carbons (Fsp3) is 0.333. The number of fused-ring (bicyclic) bond motifs is 1. The van der Waals surface area contributed by atoms with Crippen LogP contribution in [0, 0.1) is 0 Å². The van der Waals surface area contributed by atoms with Gasteiger partial charge in [0.05, 0.1) is 10.9 Å². The molecule has 0 atom stereocenters. The van der Waals surface area contributed by atoms with Crippen molar-refractivity contribution in [3.8, 4) is 0 Å². The lowest BCUT2D eigenvalue weighted by molar-refractivity contribution is 0.890. The minimum absolute atomic E-state index is 0. The Balaban J connectivity index is 0.00000112. The molecule has 0 saturated heterocycles. The Morgan fingerprint density at radius 3 is 2.73 bits per heavy atom. The van der Waals surface area contributed by atoms with E-state index in [2.05, 4.69) is 29.1 Å². The van der Waals surface area contributed by atoms with Gasteiger partial charge in [-0.15, -0.1) is 23.7 Å². The minimum Gasteiger partial charge on any atom is -0.367 e. The largest absolute Gasteiger partial charge is 0.367 e. The lowest BCUT2D eigenvalue weighted by Crippen LogP contribution is -2.11. The van der Waals surface area contributed by atoms with Gasteiger partial charge in [0, 0.05) is 16.8 Å². The van der Waals surface area contributed by atoms with Crippen molar-refractivity contribution in [1.29, 1.82) is 0 Å². The van der Waals surface area contributed by atoms with E-state index in [0.717, 1.165) is 16.7 Å². The molecule has 0 radical (unpaired) electrons. The van der Waals surface area contributed by atoms with Gasteiger partial charge in [0.15, 0.2) is 0 Å². The van der Waals surface area contributed by atoms with Crippen molar-refractivity contribution in [2.75, 3.05) is 5.32 Å². The molecule has 6 heteroatoms. The predicted octanol–water partition coefficient (Wildman–Crippen LogP) is 3.59. The monoisotopic (exact) mass is 263 g/mol. The van der Waals surface area contributed by atoms with Crippen LogP contribution in [0.25, 0.3) is 10.9 Å². The van der Waals surface area contributed by atoms with Gasteiger partial charge in [0.1, 0.15) is 5.82 Å². The summed E-state index contributed by atoms with van der Waals surface area (Å²) < 4.78 is 0. The van der Waals surface area contributed by atoms with Crippen LogP contribution in [-0.2, 0) is 0 Å². The van der Waals surface area contributed by atoms with Crippen LogP contribution in [0.4, 0.5) is 5.82 Å². The number of anilines is 1. The molecular formula is C9H11Cl2N3S. The molecule has 0 bridgehead atoms. The Morgan fingerprint density at radius 2 is 2.07 bits per heavy atom. The standard InChI is InChI=1S/C9H10ClN3S.ClH/c1-5(2)11-8-6-3-14-4-7(6)12-9(10)13-8;/h3-5H,1-2H3,(H,11,12,13);1H. The second-order valence-electron chi connectivity index (χ2n) is 3.31. The van der Waals surface area contributed by atoms with E-state index in [1.807, 2.05) is 10.8 Å². The molecule has 0 amide bonds. The average molecular weight is 264 g/mol. The zero-order valence-corrected chi connectivity index (χ0v) is 10.7. The van der Waals surface area contributed by atoms with Gasteiger partial charge in [-0.25, -0.2) is 9.97 Å². The summed E-state index contributed by atoms with van der Waals surface area (Å²) in [6.07, 6.45) is 0. The van der Waals surface area contributed by atoms with Crippen LogP contribution in [-0.4, -0.2) is 16.0 Å². The minimum atomic E-state index is 0. The van der Waals surface area contributed by atoms with Crippen LogP contribution in [0.1, 0.15) is 13.8 Å². The molecule has 3 nitrogen and oxygen atoms in total. The Morgan fingerprint density at radius 1 is 1.33 bits per heavy atom. The molecular weight excluding hydrogens is 253 g/mol. The summed E-state index contributed by atoms with van der Waals surface area (Å²) in [6, 6.07) is 0.337. The van der Waals surface area contributed by atoms with E-state index >= 15 is 0 Å². The summed E-state index contributed by atoms with van der Waals surface area (Å²) in [5.41, 5.74) is 0.901. The summed E-state index contributed by atoms with van der Waals surface area (Å²) in [4.78, 5) is 8.29. The molecule has 0 spiro atoms. The predicted molar refractivity (Wildman–Crippen MR) is 68.4 cm³/mol. The first-order valence-electron chi connectivity index (χ1n) is 4.33. The molecule has 2 heterocycles. The zero-order chi connectivity index (χ0) is 10.1. The zero-order valence-electron chi connectivity index (χ0n) is 8.32. The van der Waals surface area contributed by atoms with E-state index in [4.69, 9.17) is 11.6 Å². The third-order valence-electron chi connectivity index (χ3n) is 1.74. The molecule has 0 aromatic carbocycles. The summed E-state index contributed by atoms with van der Waals surface area (Å²) in [5.74, 6) is 0.816. The molecule has 15 heavy (non-hydrogen) atoms. The number of thiophene rings is 1. The SMILES string of the molecule is CC(C)Nc1nc(Cl)nc2cscc12.Cl. The van der Waals surface area contributed by atoms with Crippen LogP contribution < -0.4 is 5.32 Å². The highest BCUT2D eigenvalue weighted by Gasteiger charge is 2.07. The first-order chi connectivity index (χ1) is 6.66. The maximum absolute atomic E-state index is 5.81. The molecule has 2 aromatic heterocycles. The Kier molecular flexibility index (Phi) is 4.13. The van der Waals surface area contributed by atoms with E-state index in [0.29, 0.717) is 11.3 Å². The highest BCUT2D eigenvalue weighted by molar-refractivity contribution is 7.09. The topological polar surface area (TPSA) is 37.8 Å². The number of rotatable bonds is 2. The van der Waals surface area contributed by atoms with E-state index in [-0.39, 0.29) is 12.4 Å². The number of hydrogen-bond acceptors (Lipinski definition) is 4. The molecule has 2 aromatic rings. The molecule has 1 N–H and O–H groups in total. The molecule has 0 aliphatic carbocycles. The highest BCUT2D eigenvalue weighted by Crippen LogP contribution is 2.25. The smallest absolute Gasteiger partial charge is 0.224 e. The van der Waals surface area contributed by atoms with Crippen LogP contribution in [0.15, 0.2) is 10.8 Å². The fourth-order valence-corrected chi connectivity index (χ4v) is 2.14. The van der Waals surface area contributed by atoms with Crippen molar-refractivity contribution >= 4 is 52.1 Å². The van der Waals surface area contributed by atoms with Crippen molar-refractivity contribution in [3.05, 3.63) is 16.0 Å². The van der Waals surface area contributed by atoms with Gasteiger partial charge < -0.3 is 5.32 Å². The van der Waals surface area contributed by atoms with Crippen LogP contribution >= 0.6 is 35.3 Å². The Bertz CT molecular complexity index is 456. The highest BCUT2D eigenvalue weighted by atomic mass is 35.5. The first kappa shape index (κ1) is 12.5.